The Morgan fingerprint density at radius 3 is 2.50 bits per heavy atom. The standard InChI is InChI=1S/C18H17NO/c1-13-7-9-14(10-8-13)11-17-16-6-4-3-5-15(16)12-19(2)18(17)20/h3-11H,12H2,1-2H3/b17-11-. The van der Waals surface area contributed by atoms with E-state index in [0.29, 0.717) is 6.54 Å². The number of carbonyl (C=O) groups is 1. The number of fused-ring (bicyclic) bond motifs is 1. The molecule has 2 heteroatoms. The van der Waals surface area contributed by atoms with E-state index in [4.69, 9.17) is 0 Å². The highest BCUT2D eigenvalue weighted by Crippen LogP contribution is 2.29. The molecular formula is C18H17NO. The number of aryl methyl sites for hydroxylation is 1. The second kappa shape index (κ2) is 4.97. The Labute approximate surface area is 119 Å². The molecule has 2 nitrogen and oxygen atoms in total. The van der Waals surface area contributed by atoms with Gasteiger partial charge >= 0.3 is 0 Å². The Balaban J connectivity index is 2.11. The van der Waals surface area contributed by atoms with Crippen molar-refractivity contribution in [2.24, 2.45) is 0 Å². The Morgan fingerprint density at radius 2 is 1.75 bits per heavy atom. The van der Waals surface area contributed by atoms with E-state index < -0.39 is 0 Å². The fraction of sp³-hybridized carbons (Fsp3) is 0.167. The van der Waals surface area contributed by atoms with Crippen LogP contribution in [-0.2, 0) is 11.3 Å². The molecule has 0 atom stereocenters. The number of rotatable bonds is 1. The first kappa shape index (κ1) is 12.7. The van der Waals surface area contributed by atoms with Gasteiger partial charge in [0.1, 0.15) is 0 Å². The molecule has 3 rings (SSSR count). The molecule has 0 unspecified atom stereocenters. The monoisotopic (exact) mass is 263 g/mol. The third kappa shape index (κ3) is 2.25. The van der Waals surface area contributed by atoms with Crippen LogP contribution in [0.1, 0.15) is 22.3 Å². The van der Waals surface area contributed by atoms with Gasteiger partial charge in [0.2, 0.25) is 0 Å². The molecule has 1 amide bonds. The number of nitrogens with zero attached hydrogens (tertiary/aromatic N) is 1. The maximum atomic E-state index is 12.4. The van der Waals surface area contributed by atoms with Gasteiger partial charge in [0.15, 0.2) is 0 Å². The Hall–Kier alpha value is -2.35. The summed E-state index contributed by atoms with van der Waals surface area (Å²) in [5.41, 5.74) is 5.31. The van der Waals surface area contributed by atoms with Crippen molar-refractivity contribution >= 4 is 17.6 Å². The largest absolute Gasteiger partial charge is 0.337 e. The van der Waals surface area contributed by atoms with Crippen LogP contribution in [0.25, 0.3) is 11.6 Å². The molecule has 0 spiro atoms. The molecule has 100 valence electrons. The lowest BCUT2D eigenvalue weighted by molar-refractivity contribution is -0.124. The first-order chi connectivity index (χ1) is 9.65. The van der Waals surface area contributed by atoms with Crippen LogP contribution >= 0.6 is 0 Å². The van der Waals surface area contributed by atoms with Gasteiger partial charge in [0.25, 0.3) is 5.91 Å². The van der Waals surface area contributed by atoms with Crippen molar-refractivity contribution in [2.75, 3.05) is 7.05 Å². The van der Waals surface area contributed by atoms with E-state index in [9.17, 15) is 4.79 Å². The van der Waals surface area contributed by atoms with Crippen molar-refractivity contribution in [2.45, 2.75) is 13.5 Å². The fourth-order valence-electron chi connectivity index (χ4n) is 2.54. The number of amides is 1. The zero-order chi connectivity index (χ0) is 14.1. The summed E-state index contributed by atoms with van der Waals surface area (Å²) in [5, 5.41) is 0. The van der Waals surface area contributed by atoms with E-state index in [-0.39, 0.29) is 5.91 Å². The molecule has 0 saturated carbocycles. The average molecular weight is 263 g/mol. The molecule has 0 fully saturated rings. The topological polar surface area (TPSA) is 20.3 Å². The van der Waals surface area contributed by atoms with Crippen LogP contribution in [0.15, 0.2) is 48.5 Å². The SMILES string of the molecule is Cc1ccc(/C=C2\C(=O)N(C)Cc3ccccc32)cc1. The normalized spacial score (nSPS) is 16.4. The summed E-state index contributed by atoms with van der Waals surface area (Å²) in [6.45, 7) is 2.74. The summed E-state index contributed by atoms with van der Waals surface area (Å²) in [6.07, 6.45) is 1.98. The van der Waals surface area contributed by atoms with Gasteiger partial charge in [-0.2, -0.15) is 0 Å². The summed E-state index contributed by atoms with van der Waals surface area (Å²) >= 11 is 0. The van der Waals surface area contributed by atoms with Crippen molar-refractivity contribution in [1.29, 1.82) is 0 Å². The Bertz CT molecular complexity index is 683. The second-order valence-corrected chi connectivity index (χ2v) is 5.29. The molecule has 0 aliphatic carbocycles. The smallest absolute Gasteiger partial charge is 0.254 e. The van der Waals surface area contributed by atoms with Crippen LogP contribution < -0.4 is 0 Å². The van der Waals surface area contributed by atoms with E-state index in [0.717, 1.165) is 16.7 Å². The van der Waals surface area contributed by atoms with Gasteiger partial charge in [-0.25, -0.2) is 0 Å². The number of hydrogen-bond acceptors (Lipinski definition) is 1. The minimum absolute atomic E-state index is 0.0873. The van der Waals surface area contributed by atoms with Gasteiger partial charge < -0.3 is 4.90 Å². The highest BCUT2D eigenvalue weighted by Gasteiger charge is 2.24. The van der Waals surface area contributed by atoms with Crippen LogP contribution in [0, 0.1) is 6.92 Å². The van der Waals surface area contributed by atoms with Crippen LogP contribution in [0.2, 0.25) is 0 Å². The average Bonchev–Trinajstić information content (AvgIpc) is 2.46. The van der Waals surface area contributed by atoms with E-state index in [1.807, 2.05) is 43.5 Å². The molecule has 0 saturated heterocycles. The second-order valence-electron chi connectivity index (χ2n) is 5.29. The molecule has 1 aliphatic heterocycles. The number of carbonyl (C=O) groups excluding carboxylic acids is 1. The van der Waals surface area contributed by atoms with E-state index in [2.05, 4.69) is 25.1 Å². The predicted molar refractivity (Wildman–Crippen MR) is 82.0 cm³/mol. The first-order valence-corrected chi connectivity index (χ1v) is 6.77. The van der Waals surface area contributed by atoms with E-state index in [1.165, 1.54) is 11.1 Å². The molecular weight excluding hydrogens is 246 g/mol. The lowest BCUT2D eigenvalue weighted by Gasteiger charge is -2.27. The maximum Gasteiger partial charge on any atom is 0.254 e. The van der Waals surface area contributed by atoms with Gasteiger partial charge in [0.05, 0.1) is 0 Å². The third-order valence-electron chi connectivity index (χ3n) is 3.68. The fourth-order valence-corrected chi connectivity index (χ4v) is 2.54. The molecule has 0 bridgehead atoms. The van der Waals surface area contributed by atoms with E-state index >= 15 is 0 Å². The number of hydrogen-bond donors (Lipinski definition) is 0. The molecule has 2 aromatic rings. The minimum atomic E-state index is 0.0873. The van der Waals surface area contributed by atoms with Gasteiger partial charge in [0, 0.05) is 19.2 Å². The lowest BCUT2D eigenvalue weighted by atomic mass is 9.93. The van der Waals surface area contributed by atoms with Crippen molar-refractivity contribution in [3.63, 3.8) is 0 Å². The molecule has 0 aromatic heterocycles. The van der Waals surface area contributed by atoms with Crippen molar-refractivity contribution in [3.8, 4) is 0 Å². The maximum absolute atomic E-state index is 12.4. The molecule has 1 heterocycles. The summed E-state index contributed by atoms with van der Waals surface area (Å²) < 4.78 is 0. The Morgan fingerprint density at radius 1 is 1.05 bits per heavy atom. The summed E-state index contributed by atoms with van der Waals surface area (Å²) in [5.74, 6) is 0.0873. The molecule has 0 N–H and O–H groups in total. The van der Waals surface area contributed by atoms with Crippen molar-refractivity contribution in [3.05, 3.63) is 70.8 Å². The summed E-state index contributed by atoms with van der Waals surface area (Å²) in [7, 11) is 1.85. The van der Waals surface area contributed by atoms with Gasteiger partial charge in [-0.1, -0.05) is 54.1 Å². The number of benzene rings is 2. The van der Waals surface area contributed by atoms with Crippen molar-refractivity contribution < 1.29 is 4.79 Å². The van der Waals surface area contributed by atoms with Gasteiger partial charge in [-0.15, -0.1) is 0 Å². The minimum Gasteiger partial charge on any atom is -0.337 e. The van der Waals surface area contributed by atoms with E-state index in [1.54, 1.807) is 4.90 Å². The van der Waals surface area contributed by atoms with Crippen LogP contribution in [0.4, 0.5) is 0 Å². The number of likely N-dealkylation sites (N-methyl/N-ethyl adjacent to an activating group) is 1. The zero-order valence-electron chi connectivity index (χ0n) is 11.8. The zero-order valence-corrected chi connectivity index (χ0v) is 11.8. The van der Waals surface area contributed by atoms with Crippen LogP contribution in [0.5, 0.6) is 0 Å². The van der Waals surface area contributed by atoms with Crippen molar-refractivity contribution in [1.82, 2.24) is 4.90 Å². The molecule has 0 radical (unpaired) electrons. The lowest BCUT2D eigenvalue weighted by Crippen LogP contribution is -2.31. The van der Waals surface area contributed by atoms with Gasteiger partial charge in [-0.3, -0.25) is 4.79 Å². The molecule has 20 heavy (non-hydrogen) atoms. The molecule has 2 aromatic carbocycles. The first-order valence-electron chi connectivity index (χ1n) is 6.77. The highest BCUT2D eigenvalue weighted by atomic mass is 16.2. The van der Waals surface area contributed by atoms with Crippen LogP contribution in [0.3, 0.4) is 0 Å². The third-order valence-corrected chi connectivity index (χ3v) is 3.68. The summed E-state index contributed by atoms with van der Waals surface area (Å²) in [4.78, 5) is 14.2. The highest BCUT2D eigenvalue weighted by molar-refractivity contribution is 6.25. The Kier molecular flexibility index (Phi) is 3.15. The predicted octanol–water partition coefficient (Wildman–Crippen LogP) is 3.51. The van der Waals surface area contributed by atoms with Gasteiger partial charge in [-0.05, 0) is 29.7 Å². The molecule has 1 aliphatic rings. The quantitative estimate of drug-likeness (QED) is 0.721. The summed E-state index contributed by atoms with van der Waals surface area (Å²) in [6, 6.07) is 16.3. The van der Waals surface area contributed by atoms with Crippen LogP contribution in [-0.4, -0.2) is 17.9 Å².